The molecule has 5 heteroatoms. The van der Waals surface area contributed by atoms with E-state index in [-0.39, 0.29) is 13.2 Å². The van der Waals surface area contributed by atoms with Crippen molar-refractivity contribution in [3.8, 4) is 0 Å². The van der Waals surface area contributed by atoms with E-state index in [1.54, 1.807) is 20.8 Å². The zero-order chi connectivity index (χ0) is 15.9. The van der Waals surface area contributed by atoms with Gasteiger partial charge in [0, 0.05) is 7.11 Å². The molecule has 0 fully saturated rings. The molecule has 5 nitrogen and oxygen atoms in total. The summed E-state index contributed by atoms with van der Waals surface area (Å²) in [5.41, 5.74) is 0.194. The molecule has 0 aliphatic rings. The van der Waals surface area contributed by atoms with Gasteiger partial charge in [-0.25, -0.2) is 4.79 Å². The third-order valence-corrected chi connectivity index (χ3v) is 2.50. The second kappa shape index (κ2) is 7.90. The number of carbonyl (C=O) groups excluding carboxylic acids is 2. The molecule has 0 bridgehead atoms. The Hall–Kier alpha value is -1.72. The lowest BCUT2D eigenvalue weighted by Gasteiger charge is -2.21. The summed E-state index contributed by atoms with van der Waals surface area (Å²) in [6.07, 6.45) is -0.968. The van der Waals surface area contributed by atoms with Gasteiger partial charge in [-0.05, 0) is 26.3 Å². The number of methoxy groups -OCH3 is 1. The van der Waals surface area contributed by atoms with Crippen LogP contribution < -0.4 is 0 Å². The lowest BCUT2D eigenvalue weighted by atomic mass is 10.2. The Morgan fingerprint density at radius 3 is 2.29 bits per heavy atom. The smallest absolute Gasteiger partial charge is 0.378 e. The Kier molecular flexibility index (Phi) is 6.52. The fourth-order valence-corrected chi connectivity index (χ4v) is 1.58. The second-order valence-corrected chi connectivity index (χ2v) is 5.61. The van der Waals surface area contributed by atoms with Gasteiger partial charge in [0.1, 0.15) is 5.60 Å². The molecule has 0 aliphatic heterocycles. The van der Waals surface area contributed by atoms with Crippen LogP contribution >= 0.6 is 0 Å². The standard InChI is InChI=1S/C16H22O5/c1-16(2,3)21-15(18)14(17)13(11-19-4)20-10-12-8-6-5-7-9-12/h5-9,13H,10-11H2,1-4H3. The summed E-state index contributed by atoms with van der Waals surface area (Å²) >= 11 is 0. The van der Waals surface area contributed by atoms with Crippen molar-refractivity contribution < 1.29 is 23.8 Å². The first-order valence-electron chi connectivity index (χ1n) is 6.75. The third-order valence-electron chi connectivity index (χ3n) is 2.50. The van der Waals surface area contributed by atoms with Crippen LogP contribution in [0.25, 0.3) is 0 Å². The van der Waals surface area contributed by atoms with Crippen molar-refractivity contribution in [1.82, 2.24) is 0 Å². The van der Waals surface area contributed by atoms with E-state index in [1.807, 2.05) is 30.3 Å². The van der Waals surface area contributed by atoms with Crippen LogP contribution in [-0.4, -0.2) is 37.2 Å². The number of carbonyl (C=O) groups is 2. The molecule has 0 saturated carbocycles. The topological polar surface area (TPSA) is 61.8 Å². The molecule has 1 unspecified atom stereocenters. The molecular formula is C16H22O5. The number of hydrogen-bond donors (Lipinski definition) is 0. The Labute approximate surface area is 125 Å². The molecule has 0 N–H and O–H groups in total. The van der Waals surface area contributed by atoms with Gasteiger partial charge in [-0.2, -0.15) is 0 Å². The average molecular weight is 294 g/mol. The van der Waals surface area contributed by atoms with Crippen LogP contribution in [0, 0.1) is 0 Å². The summed E-state index contributed by atoms with van der Waals surface area (Å²) in [5, 5.41) is 0. The SMILES string of the molecule is COCC(OCc1ccccc1)C(=O)C(=O)OC(C)(C)C. The van der Waals surface area contributed by atoms with Gasteiger partial charge in [0.05, 0.1) is 13.2 Å². The van der Waals surface area contributed by atoms with E-state index in [9.17, 15) is 9.59 Å². The highest BCUT2D eigenvalue weighted by Crippen LogP contribution is 2.10. The highest BCUT2D eigenvalue weighted by molar-refractivity contribution is 6.35. The summed E-state index contributed by atoms with van der Waals surface area (Å²) in [6, 6.07) is 9.39. The lowest BCUT2D eigenvalue weighted by Crippen LogP contribution is -2.38. The summed E-state index contributed by atoms with van der Waals surface area (Å²) in [6.45, 7) is 5.34. The monoisotopic (exact) mass is 294 g/mol. The normalized spacial score (nSPS) is 12.8. The van der Waals surface area contributed by atoms with Crippen LogP contribution in [0.3, 0.4) is 0 Å². The zero-order valence-corrected chi connectivity index (χ0v) is 12.9. The predicted octanol–water partition coefficient (Wildman–Crippen LogP) is 2.13. The van der Waals surface area contributed by atoms with Gasteiger partial charge in [-0.1, -0.05) is 30.3 Å². The van der Waals surface area contributed by atoms with Crippen molar-refractivity contribution in [2.45, 2.75) is 39.1 Å². The van der Waals surface area contributed by atoms with E-state index < -0.39 is 23.5 Å². The van der Waals surface area contributed by atoms with Crippen molar-refractivity contribution in [2.24, 2.45) is 0 Å². The maximum absolute atomic E-state index is 12.1. The molecule has 0 saturated heterocycles. The maximum atomic E-state index is 12.1. The zero-order valence-electron chi connectivity index (χ0n) is 12.9. The number of ether oxygens (including phenoxy) is 3. The molecule has 1 aromatic carbocycles. The van der Waals surface area contributed by atoms with E-state index in [1.165, 1.54) is 7.11 Å². The molecular weight excluding hydrogens is 272 g/mol. The van der Waals surface area contributed by atoms with Crippen molar-refractivity contribution in [1.29, 1.82) is 0 Å². The predicted molar refractivity (Wildman–Crippen MR) is 77.7 cm³/mol. The van der Waals surface area contributed by atoms with Gasteiger partial charge in [-0.3, -0.25) is 4.79 Å². The first-order chi connectivity index (χ1) is 9.83. The molecule has 1 atom stereocenters. The largest absolute Gasteiger partial charge is 0.454 e. The molecule has 0 heterocycles. The first kappa shape index (κ1) is 17.3. The minimum atomic E-state index is -0.968. The van der Waals surface area contributed by atoms with Crippen molar-refractivity contribution >= 4 is 11.8 Å². The van der Waals surface area contributed by atoms with Gasteiger partial charge in [0.2, 0.25) is 0 Å². The van der Waals surface area contributed by atoms with Crippen molar-refractivity contribution in [2.75, 3.05) is 13.7 Å². The summed E-state index contributed by atoms with van der Waals surface area (Å²) in [7, 11) is 1.45. The average Bonchev–Trinajstić information content (AvgIpc) is 2.42. The molecule has 0 amide bonds. The van der Waals surface area contributed by atoms with E-state index in [2.05, 4.69) is 0 Å². The van der Waals surface area contributed by atoms with Crippen LogP contribution in [0.2, 0.25) is 0 Å². The van der Waals surface area contributed by atoms with Crippen molar-refractivity contribution in [3.05, 3.63) is 35.9 Å². The Balaban J connectivity index is 2.63. The summed E-state index contributed by atoms with van der Waals surface area (Å²) < 4.78 is 15.5. The van der Waals surface area contributed by atoms with Gasteiger partial charge >= 0.3 is 5.97 Å². The Bertz CT molecular complexity index is 461. The quantitative estimate of drug-likeness (QED) is 0.569. The molecule has 0 aromatic heterocycles. The van der Waals surface area contributed by atoms with Crippen LogP contribution in [-0.2, 0) is 30.4 Å². The molecule has 0 spiro atoms. The minimum Gasteiger partial charge on any atom is -0.454 e. The molecule has 0 aliphatic carbocycles. The minimum absolute atomic E-state index is 0.00487. The number of rotatable bonds is 7. The van der Waals surface area contributed by atoms with Gasteiger partial charge in [-0.15, -0.1) is 0 Å². The molecule has 0 radical (unpaired) electrons. The van der Waals surface area contributed by atoms with E-state index in [0.717, 1.165) is 5.56 Å². The number of hydrogen-bond acceptors (Lipinski definition) is 5. The number of benzene rings is 1. The number of Topliss-reactive ketones (excluding diaryl/α,β-unsaturated/α-hetero) is 1. The lowest BCUT2D eigenvalue weighted by molar-refractivity contribution is -0.168. The highest BCUT2D eigenvalue weighted by Gasteiger charge is 2.30. The highest BCUT2D eigenvalue weighted by atomic mass is 16.6. The van der Waals surface area contributed by atoms with Gasteiger partial charge < -0.3 is 14.2 Å². The number of esters is 1. The fraction of sp³-hybridized carbons (Fsp3) is 0.500. The molecule has 21 heavy (non-hydrogen) atoms. The molecule has 116 valence electrons. The summed E-state index contributed by atoms with van der Waals surface area (Å²) in [4.78, 5) is 23.8. The van der Waals surface area contributed by atoms with E-state index >= 15 is 0 Å². The number of ketones is 1. The third kappa shape index (κ3) is 6.51. The fourth-order valence-electron chi connectivity index (χ4n) is 1.58. The van der Waals surface area contributed by atoms with Gasteiger partial charge in [0.15, 0.2) is 6.10 Å². The van der Waals surface area contributed by atoms with Crippen molar-refractivity contribution in [3.63, 3.8) is 0 Å². The Morgan fingerprint density at radius 2 is 1.76 bits per heavy atom. The van der Waals surface area contributed by atoms with Crippen LogP contribution in [0.4, 0.5) is 0 Å². The van der Waals surface area contributed by atoms with Crippen LogP contribution in [0.15, 0.2) is 30.3 Å². The van der Waals surface area contributed by atoms with E-state index in [4.69, 9.17) is 14.2 Å². The van der Waals surface area contributed by atoms with E-state index in [0.29, 0.717) is 0 Å². The maximum Gasteiger partial charge on any atom is 0.378 e. The van der Waals surface area contributed by atoms with Gasteiger partial charge in [0.25, 0.3) is 5.78 Å². The van der Waals surface area contributed by atoms with Crippen LogP contribution in [0.1, 0.15) is 26.3 Å². The Morgan fingerprint density at radius 1 is 1.14 bits per heavy atom. The van der Waals surface area contributed by atoms with Crippen LogP contribution in [0.5, 0.6) is 0 Å². The first-order valence-corrected chi connectivity index (χ1v) is 6.75. The summed E-state index contributed by atoms with van der Waals surface area (Å²) in [5.74, 6) is -1.64. The molecule has 1 aromatic rings. The second-order valence-electron chi connectivity index (χ2n) is 5.61. The molecule has 1 rings (SSSR count).